The van der Waals surface area contributed by atoms with Crippen molar-refractivity contribution in [3.63, 3.8) is 0 Å². The highest BCUT2D eigenvalue weighted by molar-refractivity contribution is 5.94. The van der Waals surface area contributed by atoms with Crippen LogP contribution in [0.25, 0.3) is 0 Å². The summed E-state index contributed by atoms with van der Waals surface area (Å²) in [6, 6.07) is 3.56. The van der Waals surface area contributed by atoms with Crippen molar-refractivity contribution < 1.29 is 9.53 Å². The summed E-state index contributed by atoms with van der Waals surface area (Å²) in [5.41, 5.74) is 0.368. The van der Waals surface area contributed by atoms with E-state index in [4.69, 9.17) is 4.74 Å². The molecular formula is C16H25N3O2. The van der Waals surface area contributed by atoms with Gasteiger partial charge in [0.15, 0.2) is 11.4 Å². The molecule has 0 radical (unpaired) electrons. The lowest BCUT2D eigenvalue weighted by Gasteiger charge is -2.22. The fourth-order valence-corrected chi connectivity index (χ4v) is 2.55. The molecule has 1 aromatic rings. The van der Waals surface area contributed by atoms with Gasteiger partial charge < -0.3 is 15.4 Å². The molecule has 0 aliphatic carbocycles. The first kappa shape index (κ1) is 15.8. The Bertz CT molecular complexity index is 457. The van der Waals surface area contributed by atoms with Crippen LogP contribution < -0.4 is 15.4 Å². The van der Waals surface area contributed by atoms with Gasteiger partial charge in [-0.05, 0) is 64.3 Å². The first-order valence-corrected chi connectivity index (χ1v) is 7.77. The van der Waals surface area contributed by atoms with E-state index in [-0.39, 0.29) is 12.0 Å². The molecule has 1 unspecified atom stereocenters. The predicted molar refractivity (Wildman–Crippen MR) is 82.5 cm³/mol. The van der Waals surface area contributed by atoms with Crippen LogP contribution in [0.1, 0.15) is 43.6 Å². The van der Waals surface area contributed by atoms with E-state index in [2.05, 4.69) is 15.6 Å². The molecule has 1 aliphatic rings. The van der Waals surface area contributed by atoms with Crippen LogP contribution in [0.4, 0.5) is 0 Å². The highest BCUT2D eigenvalue weighted by Gasteiger charge is 2.16. The van der Waals surface area contributed by atoms with Gasteiger partial charge in [0, 0.05) is 12.7 Å². The van der Waals surface area contributed by atoms with Gasteiger partial charge in [-0.1, -0.05) is 0 Å². The number of rotatable bonds is 6. The predicted octanol–water partition coefficient (Wildman–Crippen LogP) is 1.99. The second-order valence-corrected chi connectivity index (χ2v) is 5.77. The third-order valence-electron chi connectivity index (χ3n) is 3.59. The molecule has 1 aromatic heterocycles. The summed E-state index contributed by atoms with van der Waals surface area (Å²) in [6.45, 7) is 6.73. The van der Waals surface area contributed by atoms with Crippen molar-refractivity contribution in [2.24, 2.45) is 5.92 Å². The third-order valence-corrected chi connectivity index (χ3v) is 3.59. The average Bonchev–Trinajstić information content (AvgIpc) is 2.48. The standard InChI is InChI=1S/C16H25N3O2/c1-12(2)21-14-6-4-9-18-15(14)16(20)19-10-7-13-5-3-8-17-11-13/h4,6,9,12-13,17H,3,5,7-8,10-11H2,1-2H3,(H,19,20). The van der Waals surface area contributed by atoms with E-state index in [0.717, 1.165) is 19.5 Å². The van der Waals surface area contributed by atoms with E-state index in [1.54, 1.807) is 18.3 Å². The van der Waals surface area contributed by atoms with Gasteiger partial charge in [-0.25, -0.2) is 4.98 Å². The third kappa shape index (κ3) is 5.01. The molecule has 0 aromatic carbocycles. The van der Waals surface area contributed by atoms with Gasteiger partial charge in [-0.3, -0.25) is 4.79 Å². The number of hydrogen-bond acceptors (Lipinski definition) is 4. The molecule has 5 heteroatoms. The highest BCUT2D eigenvalue weighted by Crippen LogP contribution is 2.17. The van der Waals surface area contributed by atoms with Gasteiger partial charge in [0.05, 0.1) is 6.10 Å². The summed E-state index contributed by atoms with van der Waals surface area (Å²) in [4.78, 5) is 16.4. The first-order chi connectivity index (χ1) is 10.2. The summed E-state index contributed by atoms with van der Waals surface area (Å²) in [5.74, 6) is 1.05. The maximum absolute atomic E-state index is 12.2. The summed E-state index contributed by atoms with van der Waals surface area (Å²) in [7, 11) is 0. The van der Waals surface area contributed by atoms with Crippen LogP contribution in [0, 0.1) is 5.92 Å². The number of aromatic nitrogens is 1. The lowest BCUT2D eigenvalue weighted by molar-refractivity contribution is 0.0939. The number of carbonyl (C=O) groups excluding carboxylic acids is 1. The minimum atomic E-state index is -0.157. The topological polar surface area (TPSA) is 63.2 Å². The molecule has 1 atom stereocenters. The van der Waals surface area contributed by atoms with E-state index in [9.17, 15) is 4.79 Å². The SMILES string of the molecule is CC(C)Oc1cccnc1C(=O)NCCC1CCCNC1. The molecule has 2 heterocycles. The molecule has 2 N–H and O–H groups in total. The molecule has 21 heavy (non-hydrogen) atoms. The quantitative estimate of drug-likeness (QED) is 0.841. The van der Waals surface area contributed by atoms with Crippen LogP contribution in [0.15, 0.2) is 18.3 Å². The molecule has 1 saturated heterocycles. The highest BCUT2D eigenvalue weighted by atomic mass is 16.5. The zero-order valence-corrected chi connectivity index (χ0v) is 12.9. The van der Waals surface area contributed by atoms with E-state index in [1.807, 2.05) is 13.8 Å². The van der Waals surface area contributed by atoms with Crippen LogP contribution in [0.2, 0.25) is 0 Å². The molecule has 1 fully saturated rings. The molecular weight excluding hydrogens is 266 g/mol. The number of ether oxygens (including phenoxy) is 1. The van der Waals surface area contributed by atoms with Crippen LogP contribution >= 0.6 is 0 Å². The zero-order valence-electron chi connectivity index (χ0n) is 12.9. The molecule has 1 amide bonds. The second-order valence-electron chi connectivity index (χ2n) is 5.77. The van der Waals surface area contributed by atoms with Crippen molar-refractivity contribution in [1.82, 2.24) is 15.6 Å². The Kier molecular flexibility index (Phi) is 5.99. The van der Waals surface area contributed by atoms with E-state index in [1.165, 1.54) is 12.8 Å². The normalized spacial score (nSPS) is 18.5. The van der Waals surface area contributed by atoms with Crippen LogP contribution in [-0.4, -0.2) is 36.6 Å². The van der Waals surface area contributed by atoms with Crippen molar-refractivity contribution in [1.29, 1.82) is 0 Å². The zero-order chi connectivity index (χ0) is 15.1. The molecule has 1 aliphatic heterocycles. The molecule has 0 saturated carbocycles. The Morgan fingerprint density at radius 1 is 1.57 bits per heavy atom. The van der Waals surface area contributed by atoms with E-state index in [0.29, 0.717) is 23.9 Å². The Morgan fingerprint density at radius 2 is 2.43 bits per heavy atom. The van der Waals surface area contributed by atoms with Gasteiger partial charge in [-0.2, -0.15) is 0 Å². The number of pyridine rings is 1. The van der Waals surface area contributed by atoms with Gasteiger partial charge in [0.2, 0.25) is 0 Å². The Morgan fingerprint density at radius 3 is 3.14 bits per heavy atom. The summed E-state index contributed by atoms with van der Waals surface area (Å²) >= 11 is 0. The van der Waals surface area contributed by atoms with E-state index < -0.39 is 0 Å². The molecule has 0 spiro atoms. The second kappa shape index (κ2) is 7.98. The van der Waals surface area contributed by atoms with Crippen LogP contribution in [0.3, 0.4) is 0 Å². The lowest BCUT2D eigenvalue weighted by Crippen LogP contribution is -2.33. The number of hydrogen-bond donors (Lipinski definition) is 2. The minimum Gasteiger partial charge on any atom is -0.489 e. The molecule has 0 bridgehead atoms. The monoisotopic (exact) mass is 291 g/mol. The Labute approximate surface area is 126 Å². The smallest absolute Gasteiger partial charge is 0.273 e. The van der Waals surface area contributed by atoms with Crippen LogP contribution in [0.5, 0.6) is 5.75 Å². The minimum absolute atomic E-state index is 0.0223. The summed E-state index contributed by atoms with van der Waals surface area (Å²) in [5, 5.41) is 6.34. The maximum atomic E-state index is 12.2. The van der Waals surface area contributed by atoms with Crippen LogP contribution in [-0.2, 0) is 0 Å². The molecule has 116 valence electrons. The number of nitrogens with one attached hydrogen (secondary N) is 2. The van der Waals surface area contributed by atoms with Gasteiger partial charge in [0.1, 0.15) is 0 Å². The fraction of sp³-hybridized carbons (Fsp3) is 0.625. The number of piperidine rings is 1. The van der Waals surface area contributed by atoms with Gasteiger partial charge in [-0.15, -0.1) is 0 Å². The van der Waals surface area contributed by atoms with Gasteiger partial charge >= 0.3 is 0 Å². The van der Waals surface area contributed by atoms with Crippen molar-refractivity contribution in [3.8, 4) is 5.75 Å². The number of amides is 1. The summed E-state index contributed by atoms with van der Waals surface area (Å²) < 4.78 is 5.63. The van der Waals surface area contributed by atoms with Crippen molar-refractivity contribution in [2.45, 2.75) is 39.2 Å². The molecule has 5 nitrogen and oxygen atoms in total. The Balaban J connectivity index is 1.85. The first-order valence-electron chi connectivity index (χ1n) is 7.77. The maximum Gasteiger partial charge on any atom is 0.273 e. The van der Waals surface area contributed by atoms with Crippen molar-refractivity contribution in [3.05, 3.63) is 24.0 Å². The number of nitrogens with zero attached hydrogens (tertiary/aromatic N) is 1. The summed E-state index contributed by atoms with van der Waals surface area (Å²) in [6.07, 6.45) is 5.12. The fourth-order valence-electron chi connectivity index (χ4n) is 2.55. The largest absolute Gasteiger partial charge is 0.489 e. The van der Waals surface area contributed by atoms with Crippen molar-refractivity contribution >= 4 is 5.91 Å². The van der Waals surface area contributed by atoms with Crippen molar-refractivity contribution in [2.75, 3.05) is 19.6 Å². The molecule has 2 rings (SSSR count). The Hall–Kier alpha value is -1.62. The number of carbonyl (C=O) groups is 1. The van der Waals surface area contributed by atoms with Gasteiger partial charge in [0.25, 0.3) is 5.91 Å². The van der Waals surface area contributed by atoms with E-state index >= 15 is 0 Å². The average molecular weight is 291 g/mol. The lowest BCUT2D eigenvalue weighted by atomic mass is 9.96.